The summed E-state index contributed by atoms with van der Waals surface area (Å²) < 4.78 is 4.75. The first-order chi connectivity index (χ1) is 7.22. The molecule has 0 N–H and O–H groups in total. The number of hydrogen-bond acceptors (Lipinski definition) is 4. The molecular formula is C11H22N2O2. The van der Waals surface area contributed by atoms with Crippen LogP contribution in [0.1, 0.15) is 20.3 Å². The van der Waals surface area contributed by atoms with Crippen molar-refractivity contribution >= 4 is 5.97 Å². The number of likely N-dealkylation sites (N-methyl/N-ethyl adjacent to an activating group) is 1. The molecule has 1 unspecified atom stereocenters. The summed E-state index contributed by atoms with van der Waals surface area (Å²) in [5, 5.41) is 0. The molecule has 0 saturated carbocycles. The molecule has 0 amide bonds. The van der Waals surface area contributed by atoms with Gasteiger partial charge in [0, 0.05) is 19.6 Å². The largest absolute Gasteiger partial charge is 0.468 e. The lowest BCUT2D eigenvalue weighted by Gasteiger charge is -2.39. The third-order valence-corrected chi connectivity index (χ3v) is 3.20. The molecule has 0 aromatic rings. The Morgan fingerprint density at radius 2 is 2.13 bits per heavy atom. The molecule has 1 heterocycles. The quantitative estimate of drug-likeness (QED) is 0.605. The second-order valence-corrected chi connectivity index (χ2v) is 3.89. The van der Waals surface area contributed by atoms with Crippen LogP contribution in [0.25, 0.3) is 0 Å². The molecule has 0 bridgehead atoms. The molecule has 0 spiro atoms. The number of esters is 1. The summed E-state index contributed by atoms with van der Waals surface area (Å²) in [6.07, 6.45) is 0.949. The molecule has 4 nitrogen and oxygen atoms in total. The number of nitrogens with zero attached hydrogens (tertiary/aromatic N) is 2. The highest BCUT2D eigenvalue weighted by atomic mass is 16.5. The summed E-state index contributed by atoms with van der Waals surface area (Å²) in [5.74, 6) is -0.0826. The zero-order valence-corrected chi connectivity index (χ0v) is 10.0. The lowest BCUT2D eigenvalue weighted by atomic mass is 10.0. The van der Waals surface area contributed by atoms with E-state index in [2.05, 4.69) is 23.6 Å². The Hall–Kier alpha value is -0.610. The van der Waals surface area contributed by atoms with E-state index in [0.29, 0.717) is 0 Å². The molecule has 1 fully saturated rings. The maximum atomic E-state index is 11.3. The topological polar surface area (TPSA) is 32.8 Å². The van der Waals surface area contributed by atoms with E-state index in [1.807, 2.05) is 0 Å². The number of ether oxygens (including phenoxy) is 1. The molecule has 0 aromatic carbocycles. The van der Waals surface area contributed by atoms with Crippen LogP contribution in [0.3, 0.4) is 0 Å². The number of likely N-dealkylation sites (tertiary alicyclic amines) is 1. The van der Waals surface area contributed by atoms with E-state index >= 15 is 0 Å². The smallest absolute Gasteiger partial charge is 0.323 e. The van der Waals surface area contributed by atoms with Gasteiger partial charge in [-0.25, -0.2) is 0 Å². The number of carbonyl (C=O) groups excluding carboxylic acids is 1. The monoisotopic (exact) mass is 214 g/mol. The maximum absolute atomic E-state index is 11.3. The molecule has 0 radical (unpaired) electrons. The maximum Gasteiger partial charge on any atom is 0.323 e. The van der Waals surface area contributed by atoms with Gasteiger partial charge in [-0.2, -0.15) is 0 Å². The minimum absolute atomic E-state index is 0.0190. The molecule has 15 heavy (non-hydrogen) atoms. The van der Waals surface area contributed by atoms with E-state index in [4.69, 9.17) is 4.74 Å². The van der Waals surface area contributed by atoms with E-state index in [9.17, 15) is 4.79 Å². The minimum Gasteiger partial charge on any atom is -0.468 e. The van der Waals surface area contributed by atoms with Gasteiger partial charge >= 0.3 is 5.97 Å². The van der Waals surface area contributed by atoms with E-state index in [1.54, 1.807) is 0 Å². The van der Waals surface area contributed by atoms with Crippen LogP contribution in [-0.2, 0) is 9.53 Å². The van der Waals surface area contributed by atoms with Gasteiger partial charge in [-0.15, -0.1) is 0 Å². The van der Waals surface area contributed by atoms with Crippen molar-refractivity contribution in [2.24, 2.45) is 0 Å². The Morgan fingerprint density at radius 3 is 2.53 bits per heavy atom. The van der Waals surface area contributed by atoms with Gasteiger partial charge in [-0.05, 0) is 19.5 Å². The fourth-order valence-corrected chi connectivity index (χ4v) is 1.92. The fourth-order valence-electron chi connectivity index (χ4n) is 1.92. The van der Waals surface area contributed by atoms with Crippen LogP contribution in [-0.4, -0.2) is 61.6 Å². The summed E-state index contributed by atoms with van der Waals surface area (Å²) in [5.41, 5.74) is 0. The van der Waals surface area contributed by atoms with Gasteiger partial charge in [-0.3, -0.25) is 9.69 Å². The SMILES string of the molecule is CCN(CC)CCN1CCC1C(=O)OC. The number of methoxy groups -OCH3 is 1. The molecular weight excluding hydrogens is 192 g/mol. The molecule has 88 valence electrons. The van der Waals surface area contributed by atoms with Crippen molar-refractivity contribution in [1.29, 1.82) is 0 Å². The summed E-state index contributed by atoms with van der Waals surface area (Å²) in [4.78, 5) is 15.9. The number of rotatable bonds is 6. The van der Waals surface area contributed by atoms with Crippen LogP contribution in [0.2, 0.25) is 0 Å². The fraction of sp³-hybridized carbons (Fsp3) is 0.909. The lowest BCUT2D eigenvalue weighted by molar-refractivity contribution is -0.152. The first kappa shape index (κ1) is 12.5. The summed E-state index contributed by atoms with van der Waals surface area (Å²) in [6.45, 7) is 9.53. The minimum atomic E-state index is -0.0826. The van der Waals surface area contributed by atoms with E-state index in [0.717, 1.165) is 39.1 Å². The average Bonchev–Trinajstić information content (AvgIpc) is 2.22. The first-order valence-electron chi connectivity index (χ1n) is 5.77. The molecule has 1 saturated heterocycles. The van der Waals surface area contributed by atoms with E-state index in [-0.39, 0.29) is 12.0 Å². The second kappa shape index (κ2) is 6.08. The molecule has 0 aliphatic carbocycles. The Labute approximate surface area is 92.2 Å². The normalized spacial score (nSPS) is 21.5. The molecule has 1 aliphatic heterocycles. The molecule has 1 atom stereocenters. The highest BCUT2D eigenvalue weighted by molar-refractivity contribution is 5.76. The summed E-state index contributed by atoms with van der Waals surface area (Å²) in [6, 6.07) is 0.0190. The van der Waals surface area contributed by atoms with Crippen LogP contribution >= 0.6 is 0 Å². The van der Waals surface area contributed by atoms with Gasteiger partial charge in [0.25, 0.3) is 0 Å². The first-order valence-corrected chi connectivity index (χ1v) is 5.77. The number of carbonyl (C=O) groups is 1. The van der Waals surface area contributed by atoms with Crippen LogP contribution < -0.4 is 0 Å². The third kappa shape index (κ3) is 3.18. The summed E-state index contributed by atoms with van der Waals surface area (Å²) in [7, 11) is 1.46. The Kier molecular flexibility index (Phi) is 5.05. The van der Waals surface area contributed by atoms with Gasteiger partial charge in [0.1, 0.15) is 6.04 Å². The Morgan fingerprint density at radius 1 is 1.47 bits per heavy atom. The Bertz CT molecular complexity index is 205. The number of hydrogen-bond donors (Lipinski definition) is 0. The average molecular weight is 214 g/mol. The predicted molar refractivity (Wildman–Crippen MR) is 59.8 cm³/mol. The van der Waals surface area contributed by atoms with Crippen molar-refractivity contribution in [2.45, 2.75) is 26.3 Å². The van der Waals surface area contributed by atoms with Gasteiger partial charge in [0.05, 0.1) is 7.11 Å². The second-order valence-electron chi connectivity index (χ2n) is 3.89. The van der Waals surface area contributed by atoms with Crippen molar-refractivity contribution in [3.8, 4) is 0 Å². The van der Waals surface area contributed by atoms with Crippen molar-refractivity contribution < 1.29 is 9.53 Å². The third-order valence-electron chi connectivity index (χ3n) is 3.20. The zero-order chi connectivity index (χ0) is 11.3. The predicted octanol–water partition coefficient (Wildman–Crippen LogP) is 0.575. The highest BCUT2D eigenvalue weighted by Gasteiger charge is 2.34. The molecule has 4 heteroatoms. The van der Waals surface area contributed by atoms with Crippen LogP contribution in [0.4, 0.5) is 0 Å². The highest BCUT2D eigenvalue weighted by Crippen LogP contribution is 2.17. The standard InChI is InChI=1S/C11H22N2O2/c1-4-12(5-2)8-9-13-7-6-10(13)11(14)15-3/h10H,4-9H2,1-3H3. The molecule has 1 rings (SSSR count). The van der Waals surface area contributed by atoms with E-state index in [1.165, 1.54) is 7.11 Å². The Balaban J connectivity index is 2.25. The van der Waals surface area contributed by atoms with Crippen molar-refractivity contribution in [3.05, 3.63) is 0 Å². The molecule has 1 aliphatic rings. The van der Waals surface area contributed by atoms with Crippen molar-refractivity contribution in [3.63, 3.8) is 0 Å². The summed E-state index contributed by atoms with van der Waals surface area (Å²) >= 11 is 0. The van der Waals surface area contributed by atoms with Crippen LogP contribution in [0, 0.1) is 0 Å². The van der Waals surface area contributed by atoms with E-state index < -0.39 is 0 Å². The van der Waals surface area contributed by atoms with Gasteiger partial charge < -0.3 is 9.64 Å². The lowest BCUT2D eigenvalue weighted by Crippen LogP contribution is -2.54. The zero-order valence-electron chi connectivity index (χ0n) is 10.0. The van der Waals surface area contributed by atoms with Crippen molar-refractivity contribution in [2.75, 3.05) is 39.8 Å². The van der Waals surface area contributed by atoms with Gasteiger partial charge in [0.15, 0.2) is 0 Å². The van der Waals surface area contributed by atoms with Gasteiger partial charge in [0.2, 0.25) is 0 Å². The van der Waals surface area contributed by atoms with Crippen LogP contribution in [0.5, 0.6) is 0 Å². The van der Waals surface area contributed by atoms with Gasteiger partial charge in [-0.1, -0.05) is 13.8 Å². The molecule has 0 aromatic heterocycles. The van der Waals surface area contributed by atoms with Crippen LogP contribution in [0.15, 0.2) is 0 Å². The van der Waals surface area contributed by atoms with Crippen molar-refractivity contribution in [1.82, 2.24) is 9.80 Å².